The van der Waals surface area contributed by atoms with Crippen molar-refractivity contribution in [3.63, 3.8) is 0 Å². The van der Waals surface area contributed by atoms with Gasteiger partial charge in [-0.1, -0.05) is 0 Å². The Labute approximate surface area is 55.8 Å². The maximum atomic E-state index is 5.71. The topological polar surface area (TPSA) is 64.1 Å². The smallest absolute Gasteiger partial charge is 0.0663 e. The fourth-order valence-corrected chi connectivity index (χ4v) is 1.30. The van der Waals surface area contributed by atoms with Crippen molar-refractivity contribution >= 4 is 0 Å². The summed E-state index contributed by atoms with van der Waals surface area (Å²) in [6.45, 7) is 3.06. The van der Waals surface area contributed by atoms with Crippen LogP contribution in [0.3, 0.4) is 0 Å². The van der Waals surface area contributed by atoms with E-state index in [0.29, 0.717) is 6.04 Å². The number of piperidine rings is 1. The molecule has 1 heterocycles. The zero-order valence-corrected chi connectivity index (χ0v) is 5.85. The largest absolute Gasteiger partial charge is 0.314 e. The van der Waals surface area contributed by atoms with E-state index in [4.69, 9.17) is 11.5 Å². The van der Waals surface area contributed by atoms with E-state index in [-0.39, 0.29) is 0 Å². The normalized spacial score (nSPS) is 34.3. The number of rotatable bonds is 0. The third-order valence-corrected chi connectivity index (χ3v) is 1.77. The zero-order valence-electron chi connectivity index (χ0n) is 5.85. The molecule has 1 fully saturated rings. The van der Waals surface area contributed by atoms with Gasteiger partial charge in [-0.25, -0.2) is 0 Å². The predicted molar refractivity (Wildman–Crippen MR) is 37.8 cm³/mol. The summed E-state index contributed by atoms with van der Waals surface area (Å²) in [5.74, 6) is 0. The van der Waals surface area contributed by atoms with E-state index in [1.54, 1.807) is 0 Å². The van der Waals surface area contributed by atoms with Crippen LogP contribution in [-0.4, -0.2) is 18.2 Å². The molecule has 0 saturated carbocycles. The summed E-state index contributed by atoms with van der Waals surface area (Å²) >= 11 is 0. The van der Waals surface area contributed by atoms with Gasteiger partial charge in [-0.3, -0.25) is 0 Å². The summed E-state index contributed by atoms with van der Waals surface area (Å²) in [6, 6.07) is 0.480. The van der Waals surface area contributed by atoms with Crippen LogP contribution in [0.1, 0.15) is 19.8 Å². The van der Waals surface area contributed by atoms with Gasteiger partial charge in [0.2, 0.25) is 0 Å². The molecule has 0 aromatic rings. The third kappa shape index (κ3) is 1.93. The number of hydrogen-bond acceptors (Lipinski definition) is 3. The van der Waals surface area contributed by atoms with E-state index in [1.165, 1.54) is 0 Å². The average molecular weight is 129 g/mol. The van der Waals surface area contributed by atoms with Crippen LogP contribution in [0.25, 0.3) is 0 Å². The van der Waals surface area contributed by atoms with E-state index in [0.717, 1.165) is 19.4 Å². The molecule has 54 valence electrons. The Morgan fingerprint density at radius 2 is 2.22 bits per heavy atom. The average Bonchev–Trinajstić information content (AvgIpc) is 1.60. The highest BCUT2D eigenvalue weighted by Gasteiger charge is 2.25. The molecule has 0 spiro atoms. The quantitative estimate of drug-likeness (QED) is 0.382. The van der Waals surface area contributed by atoms with Crippen molar-refractivity contribution in [3.05, 3.63) is 0 Å². The lowest BCUT2D eigenvalue weighted by atomic mass is 9.95. The van der Waals surface area contributed by atoms with Gasteiger partial charge in [-0.15, -0.1) is 0 Å². The van der Waals surface area contributed by atoms with Gasteiger partial charge in [-0.2, -0.15) is 0 Å². The number of hydrogen-bond donors (Lipinski definition) is 3. The fourth-order valence-electron chi connectivity index (χ4n) is 1.30. The fraction of sp³-hybridized carbons (Fsp3) is 1.00. The lowest BCUT2D eigenvalue weighted by Gasteiger charge is -2.33. The molecule has 1 aliphatic heterocycles. The van der Waals surface area contributed by atoms with Gasteiger partial charge in [0.15, 0.2) is 0 Å². The van der Waals surface area contributed by atoms with Crippen molar-refractivity contribution in [3.8, 4) is 0 Å². The zero-order chi connectivity index (χ0) is 6.91. The molecule has 0 aromatic carbocycles. The summed E-state index contributed by atoms with van der Waals surface area (Å²) in [4.78, 5) is 0. The highest BCUT2D eigenvalue weighted by atomic mass is 15.0. The van der Waals surface area contributed by atoms with Crippen molar-refractivity contribution in [2.75, 3.05) is 6.54 Å². The molecule has 1 aliphatic rings. The Morgan fingerprint density at radius 1 is 1.56 bits per heavy atom. The van der Waals surface area contributed by atoms with Gasteiger partial charge in [0.1, 0.15) is 0 Å². The molecule has 3 nitrogen and oxygen atoms in total. The minimum Gasteiger partial charge on any atom is -0.314 e. The SMILES string of the molecule is C[C@H]1CC(N)(N)CCN1. The second-order valence-corrected chi connectivity index (χ2v) is 3.04. The molecule has 9 heavy (non-hydrogen) atoms. The van der Waals surface area contributed by atoms with Crippen LogP contribution in [0, 0.1) is 0 Å². The van der Waals surface area contributed by atoms with Gasteiger partial charge >= 0.3 is 0 Å². The number of nitrogens with two attached hydrogens (primary N) is 2. The van der Waals surface area contributed by atoms with E-state index in [9.17, 15) is 0 Å². The molecule has 1 rings (SSSR count). The van der Waals surface area contributed by atoms with Gasteiger partial charge in [0.05, 0.1) is 5.66 Å². The third-order valence-electron chi connectivity index (χ3n) is 1.77. The van der Waals surface area contributed by atoms with Crippen LogP contribution >= 0.6 is 0 Å². The first-order chi connectivity index (χ1) is 4.10. The van der Waals surface area contributed by atoms with Gasteiger partial charge in [-0.05, 0) is 26.3 Å². The number of nitrogens with one attached hydrogen (secondary N) is 1. The van der Waals surface area contributed by atoms with Crippen LogP contribution in [0.15, 0.2) is 0 Å². The molecule has 1 atom stereocenters. The van der Waals surface area contributed by atoms with Gasteiger partial charge in [0, 0.05) is 6.04 Å². The lowest BCUT2D eigenvalue weighted by molar-refractivity contribution is 0.272. The molecule has 0 bridgehead atoms. The Kier molecular flexibility index (Phi) is 1.75. The molecule has 5 N–H and O–H groups in total. The molecular formula is C6H15N3. The van der Waals surface area contributed by atoms with Crippen molar-refractivity contribution in [1.29, 1.82) is 0 Å². The van der Waals surface area contributed by atoms with Crippen LogP contribution in [0.2, 0.25) is 0 Å². The molecule has 0 aliphatic carbocycles. The molecule has 0 radical (unpaired) electrons. The van der Waals surface area contributed by atoms with Crippen LogP contribution in [0.5, 0.6) is 0 Å². The first-order valence-corrected chi connectivity index (χ1v) is 3.41. The van der Waals surface area contributed by atoms with Crippen LogP contribution in [-0.2, 0) is 0 Å². The minimum atomic E-state index is -0.412. The standard InChI is InChI=1S/C6H15N3/c1-5-4-6(7,8)2-3-9-5/h5,9H,2-4,7-8H2,1H3/t5-/m0/s1. The molecule has 3 heteroatoms. The molecule has 1 saturated heterocycles. The van der Waals surface area contributed by atoms with Gasteiger partial charge < -0.3 is 16.8 Å². The predicted octanol–water partition coefficient (Wildman–Crippen LogP) is -0.628. The summed E-state index contributed by atoms with van der Waals surface area (Å²) in [5, 5.41) is 3.28. The Bertz CT molecular complexity index is 100. The maximum Gasteiger partial charge on any atom is 0.0663 e. The van der Waals surface area contributed by atoms with Crippen molar-refractivity contribution in [2.45, 2.75) is 31.5 Å². The van der Waals surface area contributed by atoms with Crippen molar-refractivity contribution in [2.24, 2.45) is 11.5 Å². The molecule has 0 amide bonds. The first-order valence-electron chi connectivity index (χ1n) is 3.41. The maximum absolute atomic E-state index is 5.71. The molecular weight excluding hydrogens is 114 g/mol. The Morgan fingerprint density at radius 3 is 2.56 bits per heavy atom. The summed E-state index contributed by atoms with van der Waals surface area (Å²) in [6.07, 6.45) is 1.77. The van der Waals surface area contributed by atoms with E-state index < -0.39 is 5.66 Å². The highest BCUT2D eigenvalue weighted by Crippen LogP contribution is 2.11. The Balaban J connectivity index is 2.41. The lowest BCUT2D eigenvalue weighted by Crippen LogP contribution is -2.58. The van der Waals surface area contributed by atoms with E-state index >= 15 is 0 Å². The van der Waals surface area contributed by atoms with E-state index in [1.807, 2.05) is 0 Å². The first kappa shape index (κ1) is 6.99. The monoisotopic (exact) mass is 129 g/mol. The second-order valence-electron chi connectivity index (χ2n) is 3.04. The highest BCUT2D eigenvalue weighted by molar-refractivity contribution is 4.86. The van der Waals surface area contributed by atoms with Gasteiger partial charge in [0.25, 0.3) is 0 Å². The van der Waals surface area contributed by atoms with Crippen molar-refractivity contribution in [1.82, 2.24) is 5.32 Å². The van der Waals surface area contributed by atoms with Crippen molar-refractivity contribution < 1.29 is 0 Å². The summed E-state index contributed by atoms with van der Waals surface area (Å²) in [7, 11) is 0. The molecule has 0 aromatic heterocycles. The summed E-state index contributed by atoms with van der Waals surface area (Å²) in [5.41, 5.74) is 11.0. The minimum absolute atomic E-state index is 0.412. The van der Waals surface area contributed by atoms with Crippen LogP contribution < -0.4 is 16.8 Å². The molecule has 0 unspecified atom stereocenters. The Hall–Kier alpha value is -0.120. The summed E-state index contributed by atoms with van der Waals surface area (Å²) < 4.78 is 0. The van der Waals surface area contributed by atoms with E-state index in [2.05, 4.69) is 12.2 Å². The second kappa shape index (κ2) is 2.25. The van der Waals surface area contributed by atoms with Crippen LogP contribution in [0.4, 0.5) is 0 Å².